The summed E-state index contributed by atoms with van der Waals surface area (Å²) in [5, 5.41) is 11.7. The number of benzene rings is 3. The molecule has 3 aromatic carbocycles. The molecule has 0 aliphatic carbocycles. The molecule has 0 saturated heterocycles. The Bertz CT molecular complexity index is 1170. The fraction of sp³-hybridized carbons (Fsp3) is 0.200. The van der Waals surface area contributed by atoms with E-state index in [4.69, 9.17) is 9.47 Å². The van der Waals surface area contributed by atoms with Crippen LogP contribution in [0.25, 0.3) is 16.8 Å². The van der Waals surface area contributed by atoms with Gasteiger partial charge in [-0.15, -0.1) is 0 Å². The van der Waals surface area contributed by atoms with Crippen LogP contribution in [0.15, 0.2) is 64.6 Å². The molecule has 5 nitrogen and oxygen atoms in total. The highest BCUT2D eigenvalue weighted by molar-refractivity contribution is 9.10. The second-order valence-electron chi connectivity index (χ2n) is 7.06. The Hall–Kier alpha value is -3.30. The summed E-state index contributed by atoms with van der Waals surface area (Å²) in [6.07, 6.45) is 1.55. The van der Waals surface area contributed by atoms with E-state index in [1.807, 2.05) is 37.3 Å². The molecule has 0 fully saturated rings. The highest BCUT2D eigenvalue weighted by Crippen LogP contribution is 2.38. The molecule has 0 saturated carbocycles. The van der Waals surface area contributed by atoms with Crippen molar-refractivity contribution in [3.63, 3.8) is 0 Å². The Kier molecular flexibility index (Phi) is 7.32. The third-order valence-corrected chi connectivity index (χ3v) is 5.24. The maximum absolute atomic E-state index is 12.2. The molecule has 0 unspecified atom stereocenters. The molecular weight excluding hydrogens is 456 g/mol. The third kappa shape index (κ3) is 5.25. The van der Waals surface area contributed by atoms with Crippen LogP contribution in [0.1, 0.15) is 18.1 Å². The van der Waals surface area contributed by atoms with Crippen LogP contribution >= 0.6 is 15.9 Å². The Balaban J connectivity index is 1.94. The van der Waals surface area contributed by atoms with E-state index in [-0.39, 0.29) is 11.5 Å². The lowest BCUT2D eigenvalue weighted by Gasteiger charge is -2.16. The van der Waals surface area contributed by atoms with Crippen molar-refractivity contribution in [1.29, 1.82) is 5.26 Å². The monoisotopic (exact) mass is 478 g/mol. The number of hydrogen-bond acceptors (Lipinski definition) is 4. The van der Waals surface area contributed by atoms with Crippen molar-refractivity contribution in [3.05, 3.63) is 75.8 Å². The van der Waals surface area contributed by atoms with Crippen LogP contribution < -0.4 is 9.47 Å². The first kappa shape index (κ1) is 22.4. The van der Waals surface area contributed by atoms with Crippen LogP contribution in [-0.2, 0) is 11.4 Å². The van der Waals surface area contributed by atoms with Crippen LogP contribution in [0.3, 0.4) is 0 Å². The Morgan fingerprint density at radius 3 is 2.58 bits per heavy atom. The lowest BCUT2D eigenvalue weighted by atomic mass is 10.1. The zero-order valence-electron chi connectivity index (χ0n) is 17.7. The number of likely N-dealkylation sites (N-methyl/N-ethyl adjacent to an activating group) is 1. The Morgan fingerprint density at radius 1 is 1.13 bits per heavy atom. The van der Waals surface area contributed by atoms with E-state index in [2.05, 4.69) is 34.1 Å². The van der Waals surface area contributed by atoms with Crippen LogP contribution in [0.5, 0.6) is 11.5 Å². The first-order valence-corrected chi connectivity index (χ1v) is 10.6. The van der Waals surface area contributed by atoms with Gasteiger partial charge in [0.15, 0.2) is 11.5 Å². The van der Waals surface area contributed by atoms with Gasteiger partial charge >= 0.3 is 0 Å². The van der Waals surface area contributed by atoms with Gasteiger partial charge in [-0.2, -0.15) is 5.26 Å². The summed E-state index contributed by atoms with van der Waals surface area (Å²) in [6.45, 7) is 2.71. The van der Waals surface area contributed by atoms with E-state index in [1.165, 1.54) is 4.90 Å². The van der Waals surface area contributed by atoms with Gasteiger partial charge in [0.1, 0.15) is 18.2 Å². The standard InChI is InChI=1S/C25H23BrN2O3/c1-4-30-23-14-17(12-20(15-27)25(29)28(2)3)13-22(26)24(23)31-16-19-10-7-9-18-8-5-6-11-21(18)19/h5-14H,4,16H2,1-3H3/b20-12-. The number of carbonyl (C=O) groups excluding carboxylic acids is 1. The maximum atomic E-state index is 12.2. The highest BCUT2D eigenvalue weighted by Gasteiger charge is 2.15. The maximum Gasteiger partial charge on any atom is 0.264 e. The summed E-state index contributed by atoms with van der Waals surface area (Å²) in [5.41, 5.74) is 1.78. The Labute approximate surface area is 190 Å². The lowest BCUT2D eigenvalue weighted by Crippen LogP contribution is -2.22. The topological polar surface area (TPSA) is 62.6 Å². The molecule has 0 atom stereocenters. The highest BCUT2D eigenvalue weighted by atomic mass is 79.9. The van der Waals surface area contributed by atoms with Crippen molar-refractivity contribution in [2.45, 2.75) is 13.5 Å². The van der Waals surface area contributed by atoms with Crippen LogP contribution in [-0.4, -0.2) is 31.5 Å². The zero-order valence-corrected chi connectivity index (χ0v) is 19.3. The molecule has 0 spiro atoms. The van der Waals surface area contributed by atoms with Gasteiger partial charge in [-0.25, -0.2) is 0 Å². The van der Waals surface area contributed by atoms with Crippen molar-refractivity contribution in [1.82, 2.24) is 4.90 Å². The summed E-state index contributed by atoms with van der Waals surface area (Å²) >= 11 is 3.56. The van der Waals surface area contributed by atoms with Gasteiger partial charge in [-0.3, -0.25) is 4.79 Å². The number of ether oxygens (including phenoxy) is 2. The molecule has 0 aliphatic rings. The fourth-order valence-corrected chi connectivity index (χ4v) is 3.77. The van der Waals surface area contributed by atoms with Crippen LogP contribution in [0, 0.1) is 11.3 Å². The predicted octanol–water partition coefficient (Wildman–Crippen LogP) is 5.58. The second kappa shape index (κ2) is 10.1. The molecule has 3 aromatic rings. The van der Waals surface area contributed by atoms with Crippen molar-refractivity contribution in [2.24, 2.45) is 0 Å². The van der Waals surface area contributed by atoms with Gasteiger partial charge in [-0.1, -0.05) is 42.5 Å². The molecule has 3 rings (SSSR count). The number of amides is 1. The molecule has 1 amide bonds. The van der Waals surface area contributed by atoms with Crippen molar-refractivity contribution >= 4 is 38.7 Å². The molecule has 31 heavy (non-hydrogen) atoms. The predicted molar refractivity (Wildman–Crippen MR) is 126 cm³/mol. The zero-order chi connectivity index (χ0) is 22.4. The van der Waals surface area contributed by atoms with Crippen molar-refractivity contribution in [3.8, 4) is 17.6 Å². The van der Waals surface area contributed by atoms with E-state index in [0.717, 1.165) is 16.3 Å². The van der Waals surface area contributed by atoms with E-state index in [0.29, 0.717) is 34.7 Å². The van der Waals surface area contributed by atoms with Gasteiger partial charge in [0.25, 0.3) is 5.91 Å². The van der Waals surface area contributed by atoms with E-state index >= 15 is 0 Å². The molecule has 0 radical (unpaired) electrons. The molecule has 0 bridgehead atoms. The van der Waals surface area contributed by atoms with Gasteiger partial charge < -0.3 is 14.4 Å². The minimum absolute atomic E-state index is 0.0452. The number of nitriles is 1. The molecular formula is C25H23BrN2O3. The summed E-state index contributed by atoms with van der Waals surface area (Å²) < 4.78 is 12.6. The third-order valence-electron chi connectivity index (χ3n) is 4.65. The lowest BCUT2D eigenvalue weighted by molar-refractivity contribution is -0.124. The molecule has 0 heterocycles. The largest absolute Gasteiger partial charge is 0.490 e. The van der Waals surface area contributed by atoms with E-state index in [1.54, 1.807) is 32.3 Å². The van der Waals surface area contributed by atoms with E-state index in [9.17, 15) is 10.1 Å². The molecule has 158 valence electrons. The number of hydrogen-bond donors (Lipinski definition) is 0. The number of fused-ring (bicyclic) bond motifs is 1. The van der Waals surface area contributed by atoms with Crippen LogP contribution in [0.2, 0.25) is 0 Å². The minimum Gasteiger partial charge on any atom is -0.490 e. The average Bonchev–Trinajstić information content (AvgIpc) is 2.76. The van der Waals surface area contributed by atoms with Crippen molar-refractivity contribution in [2.75, 3.05) is 20.7 Å². The molecule has 0 aliphatic heterocycles. The number of carbonyl (C=O) groups is 1. The average molecular weight is 479 g/mol. The van der Waals surface area contributed by atoms with Crippen LogP contribution in [0.4, 0.5) is 0 Å². The minimum atomic E-state index is -0.354. The number of rotatable bonds is 7. The van der Waals surface area contributed by atoms with Gasteiger partial charge in [-0.05, 0) is 63.0 Å². The quantitative estimate of drug-likeness (QED) is 0.328. The number of halogens is 1. The fourth-order valence-electron chi connectivity index (χ4n) is 3.19. The smallest absolute Gasteiger partial charge is 0.264 e. The van der Waals surface area contributed by atoms with Crippen molar-refractivity contribution < 1.29 is 14.3 Å². The first-order valence-electron chi connectivity index (χ1n) is 9.83. The summed E-state index contributed by atoms with van der Waals surface area (Å²) in [6, 6.07) is 19.8. The summed E-state index contributed by atoms with van der Waals surface area (Å²) in [5.74, 6) is 0.759. The summed E-state index contributed by atoms with van der Waals surface area (Å²) in [7, 11) is 3.22. The van der Waals surface area contributed by atoms with Gasteiger partial charge in [0, 0.05) is 14.1 Å². The second-order valence-corrected chi connectivity index (χ2v) is 7.91. The molecule has 0 aromatic heterocycles. The van der Waals surface area contributed by atoms with Gasteiger partial charge in [0.05, 0.1) is 11.1 Å². The molecule has 0 N–H and O–H groups in total. The number of nitrogens with zero attached hydrogens (tertiary/aromatic N) is 2. The normalized spacial score (nSPS) is 11.1. The first-order chi connectivity index (χ1) is 14.9. The van der Waals surface area contributed by atoms with E-state index < -0.39 is 0 Å². The summed E-state index contributed by atoms with van der Waals surface area (Å²) in [4.78, 5) is 13.5. The molecule has 6 heteroatoms. The van der Waals surface area contributed by atoms with Gasteiger partial charge in [0.2, 0.25) is 0 Å². The SMILES string of the molecule is CCOc1cc(/C=C(/C#N)C(=O)N(C)C)cc(Br)c1OCc1cccc2ccccc12. The Morgan fingerprint density at radius 2 is 1.87 bits per heavy atom.